The molecule has 3 aromatic carbocycles. The van der Waals surface area contributed by atoms with Gasteiger partial charge in [-0.2, -0.15) is 0 Å². The number of allylic oxidation sites excluding steroid dienone is 1. The molecule has 1 nitrogen and oxygen atoms in total. The Bertz CT molecular complexity index is 1280. The molecule has 42 heavy (non-hydrogen) atoms. The van der Waals surface area contributed by atoms with Crippen LogP contribution >= 0.6 is 0 Å². The van der Waals surface area contributed by atoms with Crippen LogP contribution < -0.4 is 0 Å². The third kappa shape index (κ3) is 10.7. The summed E-state index contributed by atoms with van der Waals surface area (Å²) in [5, 5.41) is 0. The van der Waals surface area contributed by atoms with E-state index >= 15 is 0 Å². The molecule has 0 aliphatic carbocycles. The van der Waals surface area contributed by atoms with Crippen molar-refractivity contribution >= 4 is 17.5 Å². The fourth-order valence-electron chi connectivity index (χ4n) is 5.95. The lowest BCUT2D eigenvalue weighted by Gasteiger charge is -2.14. The van der Waals surface area contributed by atoms with E-state index in [-0.39, 0.29) is 0 Å². The maximum absolute atomic E-state index is 5.25. The Morgan fingerprint density at radius 2 is 1.29 bits per heavy atom. The summed E-state index contributed by atoms with van der Waals surface area (Å²) in [6.45, 7) is 13.6. The first-order chi connectivity index (χ1) is 20.5. The Kier molecular flexibility index (Phi) is 14.8. The standard InChI is InChI=1S/C41H57N/c1-7-11-14-15-16-18-22-35-26-34(21-12-8-2)27-36(28-35)29-37(10-4)33(6)42-40-30-39(23-13-9-3)32(5)41(31-40)38-24-19-17-20-25-38/h17,19-20,24-31H,7-16,18,21-23H2,1-6H3. The SMILES string of the molecule is CCCCCCCCc1cc(C=C(CC)C(C)=Nc2cc(CCCC)c(C)c(-c3ccccc3)c2)cc(CCCC)c1. The minimum absolute atomic E-state index is 0.974. The number of hydrogen-bond acceptors (Lipinski definition) is 1. The number of rotatable bonds is 18. The largest absolute Gasteiger partial charge is 0.253 e. The van der Waals surface area contributed by atoms with Crippen LogP contribution in [0.25, 0.3) is 17.2 Å². The zero-order chi connectivity index (χ0) is 30.2. The van der Waals surface area contributed by atoms with Crippen LogP contribution in [0.3, 0.4) is 0 Å². The monoisotopic (exact) mass is 563 g/mol. The van der Waals surface area contributed by atoms with Crippen molar-refractivity contribution in [2.24, 2.45) is 4.99 Å². The van der Waals surface area contributed by atoms with Crippen LogP contribution in [0.5, 0.6) is 0 Å². The van der Waals surface area contributed by atoms with Crippen LogP contribution in [0.1, 0.15) is 133 Å². The average Bonchev–Trinajstić information content (AvgIpc) is 3.00. The van der Waals surface area contributed by atoms with E-state index in [1.54, 1.807) is 0 Å². The Morgan fingerprint density at radius 1 is 0.667 bits per heavy atom. The Balaban J connectivity index is 1.92. The Morgan fingerprint density at radius 3 is 1.95 bits per heavy atom. The first kappa shape index (κ1) is 33.6. The molecule has 0 unspecified atom stereocenters. The second-order valence-corrected chi connectivity index (χ2v) is 12.2. The summed E-state index contributed by atoms with van der Waals surface area (Å²) in [6.07, 6.45) is 19.8. The fraction of sp³-hybridized carbons (Fsp3) is 0.488. The summed E-state index contributed by atoms with van der Waals surface area (Å²) in [4.78, 5) is 5.25. The van der Waals surface area contributed by atoms with E-state index in [0.717, 1.165) is 24.2 Å². The lowest BCUT2D eigenvalue weighted by Crippen LogP contribution is -1.99. The van der Waals surface area contributed by atoms with Gasteiger partial charge in [0.1, 0.15) is 0 Å². The molecule has 0 aliphatic rings. The number of unbranched alkanes of at least 4 members (excludes halogenated alkanes) is 7. The number of benzene rings is 3. The maximum atomic E-state index is 5.25. The zero-order valence-electron chi connectivity index (χ0n) is 27.7. The van der Waals surface area contributed by atoms with Crippen molar-refractivity contribution in [3.63, 3.8) is 0 Å². The second-order valence-electron chi connectivity index (χ2n) is 12.2. The highest BCUT2D eigenvalue weighted by Gasteiger charge is 2.11. The molecule has 0 heterocycles. The molecule has 0 atom stereocenters. The van der Waals surface area contributed by atoms with Crippen molar-refractivity contribution in [1.29, 1.82) is 0 Å². The van der Waals surface area contributed by atoms with Gasteiger partial charge in [0.25, 0.3) is 0 Å². The van der Waals surface area contributed by atoms with Gasteiger partial charge in [-0.05, 0) is 122 Å². The van der Waals surface area contributed by atoms with Crippen molar-refractivity contribution in [3.8, 4) is 11.1 Å². The fourth-order valence-corrected chi connectivity index (χ4v) is 5.95. The molecule has 0 amide bonds. The van der Waals surface area contributed by atoms with Gasteiger partial charge < -0.3 is 0 Å². The first-order valence-electron chi connectivity index (χ1n) is 17.1. The van der Waals surface area contributed by atoms with E-state index in [9.17, 15) is 0 Å². The third-order valence-corrected chi connectivity index (χ3v) is 8.58. The molecule has 0 N–H and O–H groups in total. The van der Waals surface area contributed by atoms with Crippen LogP contribution in [0.15, 0.2) is 71.2 Å². The molecule has 0 spiro atoms. The van der Waals surface area contributed by atoms with Crippen LogP contribution in [-0.4, -0.2) is 5.71 Å². The molecule has 0 saturated heterocycles. The summed E-state index contributed by atoms with van der Waals surface area (Å²) >= 11 is 0. The molecular formula is C41H57N. The topological polar surface area (TPSA) is 12.4 Å². The quantitative estimate of drug-likeness (QED) is 0.108. The Labute approximate surface area is 258 Å². The normalized spacial score (nSPS) is 12.2. The van der Waals surface area contributed by atoms with E-state index < -0.39 is 0 Å². The zero-order valence-corrected chi connectivity index (χ0v) is 27.7. The minimum atomic E-state index is 0.974. The number of nitrogens with zero attached hydrogens (tertiary/aromatic N) is 1. The van der Waals surface area contributed by atoms with Gasteiger partial charge in [-0.15, -0.1) is 0 Å². The van der Waals surface area contributed by atoms with Crippen LogP contribution in [-0.2, 0) is 19.3 Å². The van der Waals surface area contributed by atoms with Gasteiger partial charge in [-0.1, -0.05) is 121 Å². The summed E-state index contributed by atoms with van der Waals surface area (Å²) in [6, 6.07) is 22.8. The second kappa shape index (κ2) is 18.6. The first-order valence-corrected chi connectivity index (χ1v) is 17.1. The molecule has 0 saturated carbocycles. The molecule has 0 aliphatic heterocycles. The van der Waals surface area contributed by atoms with Gasteiger partial charge in [0, 0.05) is 5.71 Å². The van der Waals surface area contributed by atoms with Gasteiger partial charge in [0.2, 0.25) is 0 Å². The highest BCUT2D eigenvalue weighted by Crippen LogP contribution is 2.32. The molecule has 0 aromatic heterocycles. The van der Waals surface area contributed by atoms with Gasteiger partial charge in [-0.3, -0.25) is 4.99 Å². The summed E-state index contributed by atoms with van der Waals surface area (Å²) in [5.41, 5.74) is 13.2. The summed E-state index contributed by atoms with van der Waals surface area (Å²) in [5.74, 6) is 0. The molecular weight excluding hydrogens is 506 g/mol. The minimum Gasteiger partial charge on any atom is -0.253 e. The number of aliphatic imine (C=N–C) groups is 1. The maximum Gasteiger partial charge on any atom is 0.0642 e. The molecule has 226 valence electrons. The van der Waals surface area contributed by atoms with Gasteiger partial charge in [0.05, 0.1) is 5.69 Å². The molecule has 3 rings (SSSR count). The highest BCUT2D eigenvalue weighted by atomic mass is 14.7. The highest BCUT2D eigenvalue weighted by molar-refractivity contribution is 6.03. The molecule has 3 aromatic rings. The lowest BCUT2D eigenvalue weighted by atomic mass is 9.93. The molecule has 1 heteroatoms. The van der Waals surface area contributed by atoms with E-state index in [4.69, 9.17) is 4.99 Å². The Hall–Kier alpha value is -2.93. The van der Waals surface area contributed by atoms with Crippen LogP contribution in [0.4, 0.5) is 5.69 Å². The summed E-state index contributed by atoms with van der Waals surface area (Å²) in [7, 11) is 0. The van der Waals surface area contributed by atoms with Gasteiger partial charge in [-0.25, -0.2) is 0 Å². The van der Waals surface area contributed by atoms with Gasteiger partial charge >= 0.3 is 0 Å². The predicted octanol–water partition coefficient (Wildman–Crippen LogP) is 12.8. The molecule has 0 bridgehead atoms. The van der Waals surface area contributed by atoms with Crippen molar-refractivity contribution in [3.05, 3.63) is 94.1 Å². The lowest BCUT2D eigenvalue weighted by molar-refractivity contribution is 0.607. The van der Waals surface area contributed by atoms with Crippen LogP contribution in [0, 0.1) is 6.92 Å². The molecule has 0 fully saturated rings. The van der Waals surface area contributed by atoms with E-state index in [1.807, 2.05) is 0 Å². The van der Waals surface area contributed by atoms with Crippen LogP contribution in [0.2, 0.25) is 0 Å². The summed E-state index contributed by atoms with van der Waals surface area (Å²) < 4.78 is 0. The van der Waals surface area contributed by atoms with E-state index in [0.29, 0.717) is 0 Å². The number of hydrogen-bond donors (Lipinski definition) is 0. The van der Waals surface area contributed by atoms with E-state index in [2.05, 4.69) is 108 Å². The van der Waals surface area contributed by atoms with Crippen molar-refractivity contribution in [2.45, 2.75) is 131 Å². The molecule has 0 radical (unpaired) electrons. The van der Waals surface area contributed by atoms with Gasteiger partial charge in [0.15, 0.2) is 0 Å². The van der Waals surface area contributed by atoms with Crippen molar-refractivity contribution in [1.82, 2.24) is 0 Å². The predicted molar refractivity (Wildman–Crippen MR) is 188 cm³/mol. The third-order valence-electron chi connectivity index (χ3n) is 8.58. The van der Waals surface area contributed by atoms with Crippen molar-refractivity contribution < 1.29 is 0 Å². The van der Waals surface area contributed by atoms with Crippen molar-refractivity contribution in [2.75, 3.05) is 0 Å². The number of aryl methyl sites for hydroxylation is 3. The smallest absolute Gasteiger partial charge is 0.0642 e. The van der Waals surface area contributed by atoms with E-state index in [1.165, 1.54) is 122 Å². The average molecular weight is 564 g/mol.